The highest BCUT2D eigenvalue weighted by atomic mass is 32.2. The van der Waals surface area contributed by atoms with Crippen LogP contribution in [-0.4, -0.2) is 36.5 Å². The summed E-state index contributed by atoms with van der Waals surface area (Å²) < 4.78 is 0. The normalized spacial score (nSPS) is 20.1. The summed E-state index contributed by atoms with van der Waals surface area (Å²) in [4.78, 5) is 14.7. The van der Waals surface area contributed by atoms with Gasteiger partial charge in [-0.3, -0.25) is 4.79 Å². The number of carbonyl (C=O) groups excluding carboxylic acids is 1. The Balaban J connectivity index is 2.37. The van der Waals surface area contributed by atoms with Gasteiger partial charge in [-0.15, -0.1) is 23.1 Å². The Bertz CT molecular complexity index is 461. The summed E-state index contributed by atoms with van der Waals surface area (Å²) in [7, 11) is 0. The summed E-state index contributed by atoms with van der Waals surface area (Å²) in [5, 5.41) is 10.7. The van der Waals surface area contributed by atoms with E-state index >= 15 is 0 Å². The maximum absolute atomic E-state index is 11.3. The zero-order valence-corrected chi connectivity index (χ0v) is 11.8. The fraction of sp³-hybridized carbons (Fsp3) is 0.545. The third-order valence-corrected chi connectivity index (χ3v) is 5.23. The second-order valence-electron chi connectivity index (χ2n) is 4.29. The SMILES string of the molecule is CSc1c(N2CCCC(O)C2)sc(C(N)=O)c1N. The summed E-state index contributed by atoms with van der Waals surface area (Å²) in [6, 6.07) is 0. The first-order valence-corrected chi connectivity index (χ1v) is 7.77. The molecule has 0 aliphatic carbocycles. The number of piperidine rings is 1. The lowest BCUT2D eigenvalue weighted by Crippen LogP contribution is -2.38. The second-order valence-corrected chi connectivity index (χ2v) is 6.11. The average molecular weight is 287 g/mol. The molecule has 1 aliphatic heterocycles. The van der Waals surface area contributed by atoms with Crippen LogP contribution in [0, 0.1) is 0 Å². The highest BCUT2D eigenvalue weighted by Crippen LogP contribution is 2.44. The molecule has 1 unspecified atom stereocenters. The van der Waals surface area contributed by atoms with Crippen molar-refractivity contribution in [2.45, 2.75) is 23.8 Å². The quantitative estimate of drug-likeness (QED) is 0.724. The highest BCUT2D eigenvalue weighted by molar-refractivity contribution is 7.99. The van der Waals surface area contributed by atoms with Crippen molar-refractivity contribution in [3.63, 3.8) is 0 Å². The first-order valence-electron chi connectivity index (χ1n) is 5.73. The van der Waals surface area contributed by atoms with E-state index < -0.39 is 5.91 Å². The molecule has 0 spiro atoms. The molecule has 18 heavy (non-hydrogen) atoms. The number of nitrogens with two attached hydrogens (primary N) is 2. The van der Waals surface area contributed by atoms with E-state index in [-0.39, 0.29) is 6.10 Å². The number of primary amides is 1. The molecule has 1 aliphatic rings. The molecule has 1 atom stereocenters. The summed E-state index contributed by atoms with van der Waals surface area (Å²) in [5.41, 5.74) is 11.7. The van der Waals surface area contributed by atoms with Crippen LogP contribution in [0.1, 0.15) is 22.5 Å². The molecular formula is C11H17N3O2S2. The van der Waals surface area contributed by atoms with Gasteiger partial charge in [0.15, 0.2) is 0 Å². The topological polar surface area (TPSA) is 92.6 Å². The lowest BCUT2D eigenvalue weighted by Gasteiger charge is -2.31. The average Bonchev–Trinajstić information content (AvgIpc) is 2.66. The Morgan fingerprint density at radius 3 is 2.89 bits per heavy atom. The van der Waals surface area contributed by atoms with E-state index in [1.54, 1.807) is 0 Å². The largest absolute Gasteiger partial charge is 0.396 e. The number of hydrogen-bond acceptors (Lipinski definition) is 6. The summed E-state index contributed by atoms with van der Waals surface area (Å²) >= 11 is 2.83. The molecule has 0 radical (unpaired) electrons. The number of carbonyl (C=O) groups is 1. The first-order chi connectivity index (χ1) is 8.54. The van der Waals surface area contributed by atoms with Crippen molar-refractivity contribution in [1.29, 1.82) is 0 Å². The lowest BCUT2D eigenvalue weighted by molar-refractivity contribution is 0.100. The minimum absolute atomic E-state index is 0.311. The van der Waals surface area contributed by atoms with Gasteiger partial charge in [-0.25, -0.2) is 0 Å². The van der Waals surface area contributed by atoms with Crippen molar-refractivity contribution in [2.75, 3.05) is 30.0 Å². The minimum Gasteiger partial charge on any atom is -0.396 e. The van der Waals surface area contributed by atoms with Crippen LogP contribution < -0.4 is 16.4 Å². The summed E-state index contributed by atoms with van der Waals surface area (Å²) in [5.74, 6) is -0.489. The molecule has 0 bridgehead atoms. The monoisotopic (exact) mass is 287 g/mol. The Morgan fingerprint density at radius 2 is 2.33 bits per heavy atom. The van der Waals surface area contributed by atoms with Gasteiger partial charge in [-0.1, -0.05) is 0 Å². The van der Waals surface area contributed by atoms with Gasteiger partial charge in [0.05, 0.1) is 16.7 Å². The summed E-state index contributed by atoms with van der Waals surface area (Å²) in [6.07, 6.45) is 3.38. The van der Waals surface area contributed by atoms with Gasteiger partial charge in [-0.05, 0) is 19.1 Å². The van der Waals surface area contributed by atoms with Gasteiger partial charge in [0.2, 0.25) is 0 Å². The van der Waals surface area contributed by atoms with Crippen LogP contribution in [0.4, 0.5) is 10.7 Å². The second kappa shape index (κ2) is 5.38. The van der Waals surface area contributed by atoms with Crippen LogP contribution >= 0.6 is 23.1 Å². The molecule has 5 N–H and O–H groups in total. The number of aliphatic hydroxyl groups excluding tert-OH is 1. The van der Waals surface area contributed by atoms with Crippen molar-refractivity contribution < 1.29 is 9.90 Å². The number of anilines is 2. The Labute approximate surface area is 114 Å². The van der Waals surface area contributed by atoms with Crippen molar-refractivity contribution in [3.8, 4) is 0 Å². The van der Waals surface area contributed by atoms with E-state index in [2.05, 4.69) is 4.90 Å². The molecular weight excluding hydrogens is 270 g/mol. The maximum Gasteiger partial charge on any atom is 0.261 e. The van der Waals surface area contributed by atoms with Crippen LogP contribution in [-0.2, 0) is 0 Å². The van der Waals surface area contributed by atoms with Crippen molar-refractivity contribution in [1.82, 2.24) is 0 Å². The molecule has 0 saturated carbocycles. The van der Waals surface area contributed by atoms with Gasteiger partial charge >= 0.3 is 0 Å². The molecule has 1 amide bonds. The number of amides is 1. The molecule has 7 heteroatoms. The van der Waals surface area contributed by atoms with Crippen LogP contribution in [0.5, 0.6) is 0 Å². The first kappa shape index (κ1) is 13.5. The third kappa shape index (κ3) is 2.43. The Kier molecular flexibility index (Phi) is 4.04. The van der Waals surface area contributed by atoms with Crippen LogP contribution in [0.25, 0.3) is 0 Å². The molecule has 2 rings (SSSR count). The van der Waals surface area contributed by atoms with Crippen molar-refractivity contribution in [3.05, 3.63) is 4.88 Å². The van der Waals surface area contributed by atoms with Crippen LogP contribution in [0.2, 0.25) is 0 Å². The van der Waals surface area contributed by atoms with E-state index in [4.69, 9.17) is 11.5 Å². The molecule has 5 nitrogen and oxygen atoms in total. The molecule has 100 valence electrons. The molecule has 1 fully saturated rings. The summed E-state index contributed by atoms with van der Waals surface area (Å²) in [6.45, 7) is 1.47. The zero-order valence-electron chi connectivity index (χ0n) is 10.2. The number of thioether (sulfide) groups is 1. The zero-order chi connectivity index (χ0) is 13.3. The van der Waals surface area contributed by atoms with Gasteiger partial charge in [0.25, 0.3) is 5.91 Å². The van der Waals surface area contributed by atoms with Crippen molar-refractivity contribution in [2.24, 2.45) is 5.73 Å². The molecule has 2 heterocycles. The number of hydrogen-bond donors (Lipinski definition) is 3. The van der Waals surface area contributed by atoms with E-state index in [1.807, 2.05) is 6.26 Å². The predicted molar refractivity (Wildman–Crippen MR) is 76.5 cm³/mol. The fourth-order valence-corrected chi connectivity index (χ4v) is 4.21. The smallest absolute Gasteiger partial charge is 0.261 e. The van der Waals surface area contributed by atoms with Gasteiger partial charge < -0.3 is 21.5 Å². The fourth-order valence-electron chi connectivity index (χ4n) is 2.14. The number of β-amino-alcohol motifs (C(OH)–C–C–N with tert-alkyl or cyclic N) is 1. The molecule has 1 aromatic rings. The van der Waals surface area contributed by atoms with E-state index in [0.717, 1.165) is 29.3 Å². The van der Waals surface area contributed by atoms with E-state index in [1.165, 1.54) is 23.1 Å². The molecule has 1 aromatic heterocycles. The number of nitrogen functional groups attached to an aromatic ring is 1. The van der Waals surface area contributed by atoms with Gasteiger partial charge in [-0.2, -0.15) is 0 Å². The number of aliphatic hydroxyl groups is 1. The van der Waals surface area contributed by atoms with E-state index in [9.17, 15) is 9.90 Å². The number of thiophene rings is 1. The predicted octanol–water partition coefficient (Wildman–Crippen LogP) is 1.11. The lowest BCUT2D eigenvalue weighted by atomic mass is 10.1. The third-order valence-electron chi connectivity index (χ3n) is 2.99. The standard InChI is InChI=1S/C11H17N3O2S2/c1-17-9-7(12)8(10(13)16)18-11(9)14-4-2-3-6(15)5-14/h6,15H,2-5,12H2,1H3,(H2,13,16). The van der Waals surface area contributed by atoms with Crippen LogP contribution in [0.3, 0.4) is 0 Å². The van der Waals surface area contributed by atoms with Crippen LogP contribution in [0.15, 0.2) is 4.90 Å². The highest BCUT2D eigenvalue weighted by Gasteiger charge is 2.26. The van der Waals surface area contributed by atoms with Crippen molar-refractivity contribution >= 4 is 39.7 Å². The minimum atomic E-state index is -0.489. The van der Waals surface area contributed by atoms with Gasteiger partial charge in [0.1, 0.15) is 9.88 Å². The van der Waals surface area contributed by atoms with Gasteiger partial charge in [0, 0.05) is 13.1 Å². The Hall–Kier alpha value is -0.920. The number of rotatable bonds is 3. The molecule has 0 aromatic carbocycles. The Morgan fingerprint density at radius 1 is 1.61 bits per heavy atom. The maximum atomic E-state index is 11.3. The molecule has 1 saturated heterocycles. The number of nitrogens with zero attached hydrogens (tertiary/aromatic N) is 1. The van der Waals surface area contributed by atoms with E-state index in [0.29, 0.717) is 17.1 Å².